The number of guanidine groups is 1. The molecule has 0 radical (unpaired) electrons. The number of aliphatic imine (C=N–C) groups is 1. The molecule has 2 rings (SSSR count). The van der Waals surface area contributed by atoms with E-state index in [2.05, 4.69) is 15.4 Å². The quantitative estimate of drug-likeness (QED) is 0.392. The van der Waals surface area contributed by atoms with Crippen LogP contribution in [0.1, 0.15) is 0 Å². The highest BCUT2D eigenvalue weighted by Gasteiger charge is 2.04. The van der Waals surface area contributed by atoms with Crippen LogP contribution in [0.25, 0.3) is 11.3 Å². The van der Waals surface area contributed by atoms with Crippen LogP contribution in [0.4, 0.5) is 0 Å². The van der Waals surface area contributed by atoms with E-state index in [0.29, 0.717) is 19.0 Å². The highest BCUT2D eigenvalue weighted by Crippen LogP contribution is 2.13. The minimum atomic E-state index is -0.181. The molecule has 0 bridgehead atoms. The van der Waals surface area contributed by atoms with Crippen LogP contribution in [0.2, 0.25) is 0 Å². The Morgan fingerprint density at radius 2 is 2.04 bits per heavy atom. The number of benzene rings is 1. The molecule has 0 saturated carbocycles. The third-order valence-corrected chi connectivity index (χ3v) is 3.10. The Bertz CT molecular complexity index is 773. The van der Waals surface area contributed by atoms with Crippen molar-refractivity contribution in [1.29, 1.82) is 5.26 Å². The van der Waals surface area contributed by atoms with E-state index < -0.39 is 0 Å². The van der Waals surface area contributed by atoms with Crippen LogP contribution in [0.15, 0.2) is 52.3 Å². The molecule has 1 aromatic heterocycles. The summed E-state index contributed by atoms with van der Waals surface area (Å²) in [6.07, 6.45) is 1.83. The van der Waals surface area contributed by atoms with Crippen molar-refractivity contribution in [2.75, 3.05) is 20.6 Å². The van der Waals surface area contributed by atoms with Crippen molar-refractivity contribution in [1.82, 2.24) is 20.0 Å². The molecule has 1 heterocycles. The fourth-order valence-electron chi connectivity index (χ4n) is 1.97. The summed E-state index contributed by atoms with van der Waals surface area (Å²) in [6.45, 7) is 0.678. The first kappa shape index (κ1) is 16.2. The maximum Gasteiger partial charge on any atom is 0.266 e. The van der Waals surface area contributed by atoms with E-state index in [0.717, 1.165) is 11.3 Å². The number of rotatable bonds is 4. The molecule has 0 unspecified atom stereocenters. The van der Waals surface area contributed by atoms with Gasteiger partial charge in [-0.2, -0.15) is 10.4 Å². The van der Waals surface area contributed by atoms with E-state index in [1.165, 1.54) is 10.7 Å². The molecular formula is C16H18N6O. The van der Waals surface area contributed by atoms with Crippen LogP contribution in [-0.4, -0.2) is 41.3 Å². The van der Waals surface area contributed by atoms with Gasteiger partial charge in [-0.05, 0) is 6.07 Å². The molecule has 2 aromatic rings. The second-order valence-corrected chi connectivity index (χ2v) is 4.98. The molecule has 1 N–H and O–H groups in total. The predicted molar refractivity (Wildman–Crippen MR) is 88.7 cm³/mol. The van der Waals surface area contributed by atoms with E-state index in [9.17, 15) is 4.79 Å². The maximum absolute atomic E-state index is 11.9. The Kier molecular flexibility index (Phi) is 5.47. The van der Waals surface area contributed by atoms with Crippen LogP contribution in [-0.2, 0) is 6.54 Å². The number of hydrogen-bond acceptors (Lipinski definition) is 4. The van der Waals surface area contributed by atoms with E-state index in [1.54, 1.807) is 25.1 Å². The second kappa shape index (κ2) is 7.75. The van der Waals surface area contributed by atoms with Crippen molar-refractivity contribution >= 4 is 5.96 Å². The normalized spacial score (nSPS) is 10.9. The average molecular weight is 310 g/mol. The average Bonchev–Trinajstić information content (AvgIpc) is 2.56. The molecule has 7 heteroatoms. The number of aromatic nitrogens is 2. The molecule has 23 heavy (non-hydrogen) atoms. The van der Waals surface area contributed by atoms with Crippen molar-refractivity contribution < 1.29 is 0 Å². The number of nitrogens with one attached hydrogen (secondary N) is 1. The van der Waals surface area contributed by atoms with Gasteiger partial charge < -0.3 is 4.90 Å². The maximum atomic E-state index is 11.9. The predicted octanol–water partition coefficient (Wildman–Crippen LogP) is 0.899. The molecule has 0 atom stereocenters. The van der Waals surface area contributed by atoms with Crippen molar-refractivity contribution in [2.45, 2.75) is 6.54 Å². The smallest absolute Gasteiger partial charge is 0.266 e. The van der Waals surface area contributed by atoms with Gasteiger partial charge in [0.1, 0.15) is 0 Å². The van der Waals surface area contributed by atoms with Crippen molar-refractivity contribution in [2.24, 2.45) is 4.99 Å². The summed E-state index contributed by atoms with van der Waals surface area (Å²) in [4.78, 5) is 17.9. The van der Waals surface area contributed by atoms with E-state index >= 15 is 0 Å². The van der Waals surface area contributed by atoms with E-state index in [4.69, 9.17) is 5.26 Å². The van der Waals surface area contributed by atoms with Crippen LogP contribution in [0.3, 0.4) is 0 Å². The summed E-state index contributed by atoms with van der Waals surface area (Å²) in [6, 6.07) is 12.9. The number of nitriles is 1. The minimum Gasteiger partial charge on any atom is -0.348 e. The first-order chi connectivity index (χ1) is 11.1. The fourth-order valence-corrected chi connectivity index (χ4v) is 1.97. The summed E-state index contributed by atoms with van der Waals surface area (Å²) < 4.78 is 1.38. The lowest BCUT2D eigenvalue weighted by molar-refractivity contribution is 0.568. The standard InChI is InChI=1S/C16H18N6O/c1-21(2)16(19-12-17)18-10-11-22-15(23)9-8-14(20-22)13-6-4-3-5-7-13/h3-9H,10-11H2,1-2H3,(H,18,19). The Morgan fingerprint density at radius 3 is 2.70 bits per heavy atom. The van der Waals surface area contributed by atoms with Crippen LogP contribution in [0.5, 0.6) is 0 Å². The van der Waals surface area contributed by atoms with Crippen LogP contribution < -0.4 is 10.9 Å². The minimum absolute atomic E-state index is 0.181. The van der Waals surface area contributed by atoms with Gasteiger partial charge in [0.2, 0.25) is 5.96 Å². The SMILES string of the molecule is CN(C)C(=NCCn1nc(-c2ccccc2)ccc1=O)NC#N. The summed E-state index contributed by atoms with van der Waals surface area (Å²) in [7, 11) is 3.56. The van der Waals surface area contributed by atoms with Gasteiger partial charge in [0.15, 0.2) is 6.19 Å². The largest absolute Gasteiger partial charge is 0.348 e. The van der Waals surface area contributed by atoms with Crippen LogP contribution >= 0.6 is 0 Å². The first-order valence-electron chi connectivity index (χ1n) is 7.12. The second-order valence-electron chi connectivity index (χ2n) is 4.98. The molecule has 0 aliphatic carbocycles. The zero-order valence-corrected chi connectivity index (χ0v) is 13.1. The van der Waals surface area contributed by atoms with Gasteiger partial charge >= 0.3 is 0 Å². The lowest BCUT2D eigenvalue weighted by Crippen LogP contribution is -2.34. The molecule has 0 saturated heterocycles. The van der Waals surface area contributed by atoms with Gasteiger partial charge in [0, 0.05) is 25.7 Å². The Morgan fingerprint density at radius 1 is 1.30 bits per heavy atom. The number of nitrogens with zero attached hydrogens (tertiary/aromatic N) is 5. The Labute approximate surface area is 134 Å². The molecular weight excluding hydrogens is 292 g/mol. The Hall–Kier alpha value is -3.14. The molecule has 7 nitrogen and oxygen atoms in total. The lowest BCUT2D eigenvalue weighted by atomic mass is 10.1. The van der Waals surface area contributed by atoms with Gasteiger partial charge in [-0.15, -0.1) is 0 Å². The molecule has 1 aromatic carbocycles. The summed E-state index contributed by atoms with van der Waals surface area (Å²) in [5.74, 6) is 0.444. The van der Waals surface area contributed by atoms with Crippen molar-refractivity contribution in [3.8, 4) is 17.5 Å². The highest BCUT2D eigenvalue weighted by molar-refractivity contribution is 5.80. The monoisotopic (exact) mass is 310 g/mol. The van der Waals surface area contributed by atoms with Gasteiger partial charge in [0.05, 0.1) is 18.8 Å². The van der Waals surface area contributed by atoms with Crippen LogP contribution in [0, 0.1) is 11.5 Å². The third-order valence-electron chi connectivity index (χ3n) is 3.10. The summed E-state index contributed by atoms with van der Waals surface area (Å²) in [5, 5.41) is 15.5. The van der Waals surface area contributed by atoms with Crippen molar-refractivity contribution in [3.63, 3.8) is 0 Å². The van der Waals surface area contributed by atoms with Crippen molar-refractivity contribution in [3.05, 3.63) is 52.8 Å². The zero-order valence-electron chi connectivity index (χ0n) is 13.1. The zero-order chi connectivity index (χ0) is 16.7. The molecule has 0 spiro atoms. The summed E-state index contributed by atoms with van der Waals surface area (Å²) >= 11 is 0. The molecule has 0 amide bonds. The number of hydrogen-bond donors (Lipinski definition) is 1. The highest BCUT2D eigenvalue weighted by atomic mass is 16.1. The molecule has 118 valence electrons. The molecule has 0 fully saturated rings. The van der Waals surface area contributed by atoms with Gasteiger partial charge in [0.25, 0.3) is 5.56 Å². The van der Waals surface area contributed by atoms with E-state index in [-0.39, 0.29) is 5.56 Å². The summed E-state index contributed by atoms with van der Waals surface area (Å²) in [5.41, 5.74) is 1.50. The fraction of sp³-hybridized carbons (Fsp3) is 0.250. The molecule has 0 aliphatic heterocycles. The topological polar surface area (TPSA) is 86.3 Å². The first-order valence-corrected chi connectivity index (χ1v) is 7.12. The third kappa shape index (κ3) is 4.41. The van der Waals surface area contributed by atoms with E-state index in [1.807, 2.05) is 36.5 Å². The Balaban J connectivity index is 2.16. The lowest BCUT2D eigenvalue weighted by Gasteiger charge is -2.13. The molecule has 0 aliphatic rings. The van der Waals surface area contributed by atoms with Gasteiger partial charge in [-0.3, -0.25) is 15.1 Å². The van der Waals surface area contributed by atoms with Gasteiger partial charge in [-0.25, -0.2) is 4.68 Å². The van der Waals surface area contributed by atoms with Gasteiger partial charge in [-0.1, -0.05) is 30.3 Å².